The highest BCUT2D eigenvalue weighted by Gasteiger charge is 2.14. The van der Waals surface area contributed by atoms with Gasteiger partial charge in [0.1, 0.15) is 0 Å². The number of anilines is 1. The predicted molar refractivity (Wildman–Crippen MR) is 64.7 cm³/mol. The Hall–Kier alpha value is -1.89. The fourth-order valence-electron chi connectivity index (χ4n) is 1.42. The summed E-state index contributed by atoms with van der Waals surface area (Å²) < 4.78 is 4.81. The van der Waals surface area contributed by atoms with E-state index < -0.39 is 0 Å². The zero-order valence-electron chi connectivity index (χ0n) is 9.70. The van der Waals surface area contributed by atoms with Crippen LogP contribution in [0.2, 0.25) is 0 Å². The van der Waals surface area contributed by atoms with E-state index in [1.54, 1.807) is 11.3 Å². The van der Waals surface area contributed by atoms with Gasteiger partial charge in [-0.2, -0.15) is 4.98 Å². The monoisotopic (exact) mass is 252 g/mol. The van der Waals surface area contributed by atoms with Gasteiger partial charge in [0.05, 0.1) is 12.7 Å². The van der Waals surface area contributed by atoms with Crippen LogP contribution in [0.4, 0.5) is 5.95 Å². The molecule has 17 heavy (non-hydrogen) atoms. The molecular weight excluding hydrogens is 240 g/mol. The number of aryl methyl sites for hydroxylation is 2. The highest BCUT2D eigenvalue weighted by molar-refractivity contribution is 7.12. The van der Waals surface area contributed by atoms with Crippen LogP contribution in [-0.2, 0) is 0 Å². The van der Waals surface area contributed by atoms with Crippen LogP contribution in [0.25, 0.3) is 0 Å². The molecule has 0 aliphatic carbocycles. The van der Waals surface area contributed by atoms with Crippen molar-refractivity contribution in [2.24, 2.45) is 0 Å². The molecule has 0 saturated heterocycles. The minimum Gasteiger partial charge on any atom is -0.466 e. The number of thiophene rings is 1. The number of carbonyl (C=O) groups is 1. The average Bonchev–Trinajstić information content (AvgIpc) is 2.85. The highest BCUT2D eigenvalue weighted by atomic mass is 32.1. The Morgan fingerprint density at radius 1 is 1.53 bits per heavy atom. The Bertz CT molecular complexity index is 546. The number of carbonyl (C=O) groups excluding carboxylic acids is 1. The fraction of sp³-hybridized carbons (Fsp3) is 0.300. The number of amides is 1. The van der Waals surface area contributed by atoms with E-state index in [9.17, 15) is 4.79 Å². The van der Waals surface area contributed by atoms with Crippen molar-refractivity contribution in [3.8, 4) is 6.01 Å². The third-order valence-corrected chi connectivity index (χ3v) is 3.13. The van der Waals surface area contributed by atoms with Gasteiger partial charge < -0.3 is 4.74 Å². The average molecular weight is 252 g/mol. The van der Waals surface area contributed by atoms with Crippen molar-refractivity contribution < 1.29 is 9.53 Å². The maximum absolute atomic E-state index is 11.9. The lowest BCUT2D eigenvalue weighted by Gasteiger charge is -1.99. The Morgan fingerprint density at radius 3 is 2.82 bits per heavy atom. The lowest BCUT2D eigenvalue weighted by Crippen LogP contribution is -2.13. The van der Waals surface area contributed by atoms with Crippen LogP contribution in [0.15, 0.2) is 6.07 Å². The zero-order valence-corrected chi connectivity index (χ0v) is 10.5. The number of nitrogens with zero attached hydrogens (tertiary/aromatic N) is 2. The van der Waals surface area contributed by atoms with E-state index in [1.807, 2.05) is 19.9 Å². The summed E-state index contributed by atoms with van der Waals surface area (Å²) in [4.78, 5) is 17.9. The summed E-state index contributed by atoms with van der Waals surface area (Å²) in [5.74, 6) is 0.0701. The molecule has 2 aromatic rings. The molecule has 7 heteroatoms. The zero-order chi connectivity index (χ0) is 12.4. The van der Waals surface area contributed by atoms with Gasteiger partial charge in [-0.3, -0.25) is 10.1 Å². The van der Waals surface area contributed by atoms with Crippen LogP contribution in [0.3, 0.4) is 0 Å². The molecule has 0 fully saturated rings. The van der Waals surface area contributed by atoms with E-state index in [-0.39, 0.29) is 17.9 Å². The first-order valence-corrected chi connectivity index (χ1v) is 5.76. The number of aromatic amines is 1. The van der Waals surface area contributed by atoms with Crippen LogP contribution < -0.4 is 10.1 Å². The number of aromatic nitrogens is 3. The van der Waals surface area contributed by atoms with E-state index >= 15 is 0 Å². The van der Waals surface area contributed by atoms with Crippen molar-refractivity contribution in [1.82, 2.24) is 15.2 Å². The second-order valence-corrected chi connectivity index (χ2v) is 4.91. The topological polar surface area (TPSA) is 79.9 Å². The van der Waals surface area contributed by atoms with Crippen LogP contribution in [0.1, 0.15) is 20.1 Å². The quantitative estimate of drug-likeness (QED) is 0.872. The van der Waals surface area contributed by atoms with Crippen molar-refractivity contribution in [2.75, 3.05) is 12.4 Å². The molecule has 2 rings (SSSR count). The summed E-state index contributed by atoms with van der Waals surface area (Å²) in [6.45, 7) is 3.87. The molecule has 0 bridgehead atoms. The van der Waals surface area contributed by atoms with Gasteiger partial charge in [0.2, 0.25) is 5.95 Å². The number of H-pyrrole nitrogens is 1. The number of methoxy groups -OCH3 is 1. The maximum atomic E-state index is 11.9. The van der Waals surface area contributed by atoms with Gasteiger partial charge in [-0.25, -0.2) is 5.10 Å². The molecule has 1 amide bonds. The van der Waals surface area contributed by atoms with Crippen LogP contribution >= 0.6 is 11.3 Å². The molecule has 0 unspecified atom stereocenters. The standard InChI is InChI=1S/C10H12N4O2S/c1-5-4-7(6(2)17-5)8(15)11-9-12-10(16-3)14-13-9/h4H,1-3H3,(H2,11,12,13,14,15). The molecule has 0 aliphatic rings. The molecule has 2 N–H and O–H groups in total. The first-order valence-electron chi connectivity index (χ1n) is 4.95. The number of ether oxygens (including phenoxy) is 1. The van der Waals surface area contributed by atoms with Crippen LogP contribution in [-0.4, -0.2) is 28.2 Å². The van der Waals surface area contributed by atoms with Gasteiger partial charge in [0, 0.05) is 9.75 Å². The van der Waals surface area contributed by atoms with Gasteiger partial charge in [0.15, 0.2) is 0 Å². The van der Waals surface area contributed by atoms with E-state index in [0.717, 1.165) is 9.75 Å². The molecule has 0 radical (unpaired) electrons. The molecule has 0 spiro atoms. The molecule has 0 aromatic carbocycles. The predicted octanol–water partition coefficient (Wildman–Crippen LogP) is 1.74. The first-order chi connectivity index (χ1) is 8.10. The van der Waals surface area contributed by atoms with Crippen molar-refractivity contribution >= 4 is 23.2 Å². The number of nitrogens with one attached hydrogen (secondary N) is 2. The highest BCUT2D eigenvalue weighted by Crippen LogP contribution is 2.21. The van der Waals surface area contributed by atoms with Gasteiger partial charge in [-0.1, -0.05) is 0 Å². The van der Waals surface area contributed by atoms with E-state index in [1.165, 1.54) is 7.11 Å². The summed E-state index contributed by atoms with van der Waals surface area (Å²) in [5.41, 5.74) is 0.655. The number of hydrogen-bond donors (Lipinski definition) is 2. The van der Waals surface area contributed by atoms with E-state index in [0.29, 0.717) is 5.56 Å². The molecular formula is C10H12N4O2S. The summed E-state index contributed by atoms with van der Waals surface area (Å²) >= 11 is 1.59. The van der Waals surface area contributed by atoms with Crippen molar-refractivity contribution in [3.05, 3.63) is 21.4 Å². The smallest absolute Gasteiger partial charge is 0.336 e. The van der Waals surface area contributed by atoms with Crippen molar-refractivity contribution in [3.63, 3.8) is 0 Å². The second-order valence-electron chi connectivity index (χ2n) is 3.45. The summed E-state index contributed by atoms with van der Waals surface area (Å²) in [6.07, 6.45) is 0. The molecule has 0 aliphatic heterocycles. The van der Waals surface area contributed by atoms with E-state index in [4.69, 9.17) is 4.74 Å². The van der Waals surface area contributed by atoms with Gasteiger partial charge >= 0.3 is 6.01 Å². The summed E-state index contributed by atoms with van der Waals surface area (Å²) in [6, 6.07) is 2.04. The van der Waals surface area contributed by atoms with Crippen molar-refractivity contribution in [2.45, 2.75) is 13.8 Å². The Labute approximate surface area is 102 Å². The summed E-state index contributed by atoms with van der Waals surface area (Å²) in [5, 5.41) is 8.93. The first kappa shape index (κ1) is 11.6. The van der Waals surface area contributed by atoms with Crippen LogP contribution in [0.5, 0.6) is 6.01 Å². The molecule has 6 nitrogen and oxygen atoms in total. The lowest BCUT2D eigenvalue weighted by atomic mass is 10.2. The van der Waals surface area contributed by atoms with E-state index in [2.05, 4.69) is 20.5 Å². The van der Waals surface area contributed by atoms with Gasteiger partial charge in [-0.15, -0.1) is 16.4 Å². The Balaban J connectivity index is 2.14. The largest absolute Gasteiger partial charge is 0.466 e. The van der Waals surface area contributed by atoms with Gasteiger partial charge in [-0.05, 0) is 19.9 Å². The second kappa shape index (κ2) is 4.54. The van der Waals surface area contributed by atoms with Gasteiger partial charge in [0.25, 0.3) is 5.91 Å². The molecule has 2 aromatic heterocycles. The summed E-state index contributed by atoms with van der Waals surface area (Å²) in [7, 11) is 1.46. The number of rotatable bonds is 3. The lowest BCUT2D eigenvalue weighted by molar-refractivity contribution is 0.102. The number of hydrogen-bond acceptors (Lipinski definition) is 5. The van der Waals surface area contributed by atoms with Crippen molar-refractivity contribution in [1.29, 1.82) is 0 Å². The molecule has 90 valence electrons. The third-order valence-electron chi connectivity index (χ3n) is 2.17. The normalized spacial score (nSPS) is 10.3. The Kier molecular flexibility index (Phi) is 3.10. The fourth-order valence-corrected chi connectivity index (χ4v) is 2.35. The Morgan fingerprint density at radius 2 is 2.29 bits per heavy atom. The molecule has 0 saturated carbocycles. The SMILES string of the molecule is COc1n[nH]c(NC(=O)c2cc(C)sc2C)n1. The minimum atomic E-state index is -0.203. The minimum absolute atomic E-state index is 0.193. The maximum Gasteiger partial charge on any atom is 0.336 e. The molecule has 0 atom stereocenters. The van der Waals surface area contributed by atoms with Crippen LogP contribution in [0, 0.1) is 13.8 Å². The third kappa shape index (κ3) is 2.44. The molecule has 2 heterocycles.